The molecule has 21 nitrogen and oxygen atoms in total. The Labute approximate surface area is 630 Å². The highest BCUT2D eigenvalue weighted by Gasteiger charge is 2.55. The summed E-state index contributed by atoms with van der Waals surface area (Å²) in [6.45, 7) is 17.3. The molecule has 4 heterocycles. The summed E-state index contributed by atoms with van der Waals surface area (Å²) in [7, 11) is -9.42. The molecule has 0 bridgehead atoms. The minimum absolute atomic E-state index is 0.0294. The number of piperazine rings is 2. The second-order valence-corrected chi connectivity index (χ2v) is 35.4. The summed E-state index contributed by atoms with van der Waals surface area (Å²) in [5.74, 6) is -0.917. The number of sulfonamides is 1. The van der Waals surface area contributed by atoms with Crippen molar-refractivity contribution in [3.8, 4) is 5.75 Å². The second-order valence-electron chi connectivity index (χ2n) is 30.3. The number of unbranched alkanes of at least 4 members (excludes halogenated alkanes) is 2. The van der Waals surface area contributed by atoms with Crippen LogP contribution in [0.3, 0.4) is 0 Å². The van der Waals surface area contributed by atoms with Crippen LogP contribution in [0.2, 0.25) is 5.02 Å². The number of fused-ring (bicyclic) bond motifs is 2. The molecule has 4 aliphatic heterocycles. The van der Waals surface area contributed by atoms with E-state index in [4.69, 9.17) is 21.1 Å². The van der Waals surface area contributed by atoms with E-state index >= 15 is 0 Å². The zero-order chi connectivity index (χ0) is 75.7. The van der Waals surface area contributed by atoms with Gasteiger partial charge in [0.05, 0.1) is 35.9 Å². The van der Waals surface area contributed by atoms with Gasteiger partial charge in [-0.05, 0) is 197 Å². The number of allylic oxidation sites excluding steroid dienone is 1. The van der Waals surface area contributed by atoms with E-state index in [1.807, 2.05) is 84.1 Å². The van der Waals surface area contributed by atoms with E-state index < -0.39 is 82.6 Å². The molecule has 11 rings (SSSR count). The number of anilines is 2. The van der Waals surface area contributed by atoms with Crippen LogP contribution in [-0.4, -0.2) is 193 Å². The second kappa shape index (κ2) is 34.6. The van der Waals surface area contributed by atoms with Gasteiger partial charge in [0.2, 0.25) is 23.6 Å². The van der Waals surface area contributed by atoms with E-state index in [9.17, 15) is 54.0 Å². The van der Waals surface area contributed by atoms with Crippen LogP contribution < -0.4 is 35.6 Å². The van der Waals surface area contributed by atoms with Gasteiger partial charge >= 0.3 is 5.51 Å². The molecule has 6 aliphatic rings. The third kappa shape index (κ3) is 19.8. The van der Waals surface area contributed by atoms with E-state index in [2.05, 4.69) is 61.9 Å². The van der Waals surface area contributed by atoms with Crippen molar-refractivity contribution >= 4 is 89.7 Å². The van der Waals surface area contributed by atoms with E-state index in [1.54, 1.807) is 31.0 Å². The summed E-state index contributed by atoms with van der Waals surface area (Å²) in [6.07, 6.45) is 8.51. The molecule has 0 radical (unpaired) electrons. The molecule has 5 N–H and O–H groups in total. The Balaban J connectivity index is 0.640. The van der Waals surface area contributed by atoms with Crippen LogP contribution in [0.25, 0.3) is 5.57 Å². The molecule has 5 amide bonds. The molecule has 0 aromatic heterocycles. The summed E-state index contributed by atoms with van der Waals surface area (Å²) in [6, 6.07) is 29.0. The molecule has 28 heteroatoms. The Morgan fingerprint density at radius 2 is 1.51 bits per heavy atom. The normalized spacial score (nSPS) is 21.5. The highest BCUT2D eigenvalue weighted by atomic mass is 35.5. The number of sulfone groups is 1. The van der Waals surface area contributed by atoms with Gasteiger partial charge in [-0.25, -0.2) is 21.6 Å². The molecule has 0 unspecified atom stereocenters. The minimum Gasteiger partial charge on any atom is -0.494 e. The lowest BCUT2D eigenvalue weighted by Crippen LogP contribution is -2.58. The molecule has 4 fully saturated rings. The van der Waals surface area contributed by atoms with Gasteiger partial charge in [-0.3, -0.25) is 33.8 Å². The van der Waals surface area contributed by atoms with Crippen molar-refractivity contribution in [3.05, 3.63) is 148 Å². The van der Waals surface area contributed by atoms with E-state index in [1.165, 1.54) is 40.6 Å². The van der Waals surface area contributed by atoms with Crippen LogP contribution in [0.15, 0.2) is 136 Å². The number of nitrogens with zero attached hydrogens (tertiary/aromatic N) is 5. The van der Waals surface area contributed by atoms with Crippen molar-refractivity contribution in [3.63, 3.8) is 0 Å². The number of rotatable bonds is 28. The van der Waals surface area contributed by atoms with Gasteiger partial charge in [0.15, 0.2) is 0 Å². The number of hydrogen-bond acceptors (Lipinski definition) is 17. The van der Waals surface area contributed by atoms with Gasteiger partial charge in [0, 0.05) is 111 Å². The van der Waals surface area contributed by atoms with Gasteiger partial charge in [-0.1, -0.05) is 81.3 Å². The molecular formula is C78H100ClF3N10O11S3. The first-order valence-corrected chi connectivity index (χ1v) is 41.3. The lowest BCUT2D eigenvalue weighted by atomic mass is 9.73. The summed E-state index contributed by atoms with van der Waals surface area (Å²) in [5, 5.41) is 12.8. The third-order valence-electron chi connectivity index (χ3n) is 21.5. The number of aryl methyl sites for hydroxylation is 1. The first-order valence-electron chi connectivity index (χ1n) is 36.9. The summed E-state index contributed by atoms with van der Waals surface area (Å²) < 4.78 is 113. The van der Waals surface area contributed by atoms with Crippen molar-refractivity contribution in [1.29, 1.82) is 0 Å². The molecule has 6 atom stereocenters. The number of likely N-dealkylation sites (N-methyl/N-ethyl adjacent to an activating group) is 1. The Kier molecular flexibility index (Phi) is 26.0. The van der Waals surface area contributed by atoms with Gasteiger partial charge in [-0.15, -0.1) is 11.8 Å². The fourth-order valence-corrected chi connectivity index (χ4v) is 18.5. The molecule has 5 aromatic carbocycles. The number of amides is 5. The fourth-order valence-electron chi connectivity index (χ4n) is 15.4. The summed E-state index contributed by atoms with van der Waals surface area (Å²) in [4.78, 5) is 77.2. The Morgan fingerprint density at radius 1 is 0.792 bits per heavy atom. The first-order chi connectivity index (χ1) is 50.4. The van der Waals surface area contributed by atoms with E-state index in [-0.39, 0.29) is 53.0 Å². The maximum absolute atomic E-state index is 14.6. The minimum atomic E-state index is -6.17. The first kappa shape index (κ1) is 79.8. The topological polar surface area (TPSA) is 248 Å². The number of carbonyl (C=O) groups excluding carboxylic acids is 5. The molecule has 574 valence electrons. The molecule has 0 spiro atoms. The number of alkyl halides is 3. The predicted molar refractivity (Wildman–Crippen MR) is 406 cm³/mol. The molecule has 4 saturated heterocycles. The smallest absolute Gasteiger partial charge is 0.494 e. The molecular weight excluding hydrogens is 1440 g/mol. The van der Waals surface area contributed by atoms with Crippen molar-refractivity contribution in [2.45, 2.75) is 175 Å². The SMILES string of the molecule is CN[C@@H](C)C(=O)N[C@H]1CCO[C@H]2CC(C)(C)[C@@H](C(=O)N[C@@H]3CCCc4cc(OCCCCCC(=O)N5CCN(CC[C@H](CSc6ccccc6)Nc6ccc(S(=O)(=O)NC(=O)c7ccc(N8CCN(CC9=C(c%10ccc(Cl)cc%10)CCC(C)(C)C9)CC8)cc7)cc6S(=O)(=O)C(F)(F)F)CC5)ccc43)N2C1=O. The molecule has 5 aromatic rings. The molecule has 106 heavy (non-hydrogen) atoms. The van der Waals surface area contributed by atoms with Crippen LogP contribution in [-0.2, 0) is 50.2 Å². The van der Waals surface area contributed by atoms with Gasteiger partial charge in [0.25, 0.3) is 25.8 Å². The van der Waals surface area contributed by atoms with Gasteiger partial charge in [-0.2, -0.15) is 13.2 Å². The Hall–Kier alpha value is -7.24. The number of carbonyl (C=O) groups is 5. The lowest BCUT2D eigenvalue weighted by Gasteiger charge is -2.39. The standard InChI is InChI=1S/C78H100ClF3N10O11S3/c1-52(83-6)72(94)86-67-33-45-103-70-49-77(4,5)71(92(70)75(67)97)74(96)85-65-17-13-14-55-46-60(27-29-64(55)65)102-44-12-8-11-18-69(93)91-42-36-88(37-43-91)35-32-58(51-104-61-15-9-7-10-16-61)84-66-30-28-62(47-68(66)105(98,99)78(80,81)82)106(100,101)87-73(95)54-21-25-59(26-22-54)90-40-38-89(39-41-90)50-56-48-76(2,3)34-31-63(56)53-19-23-57(79)24-20-53/h7,9-10,15-16,19-30,46-47,52,58,65,67,70-71,83-84H,8,11-14,17-18,31-45,48-51H2,1-6H3,(H,85,96)(H,86,94)(H,87,95)/t52-,58+,65+,67-,70-,71+/m0/s1. The predicted octanol–water partition coefficient (Wildman–Crippen LogP) is 11.2. The third-order valence-corrected chi connectivity index (χ3v) is 25.8. The highest BCUT2D eigenvalue weighted by molar-refractivity contribution is 7.99. The monoisotopic (exact) mass is 1540 g/mol. The Bertz CT molecular complexity index is 4220. The average Bonchev–Trinajstić information content (AvgIpc) is 1.56. The molecule has 0 saturated carbocycles. The van der Waals surface area contributed by atoms with E-state index in [0.717, 1.165) is 105 Å². The van der Waals surface area contributed by atoms with Crippen molar-refractivity contribution in [2.24, 2.45) is 10.8 Å². The maximum Gasteiger partial charge on any atom is 0.501 e. The zero-order valence-corrected chi connectivity index (χ0v) is 64.5. The maximum atomic E-state index is 14.6. The zero-order valence-electron chi connectivity index (χ0n) is 61.3. The number of ether oxygens (including phenoxy) is 2. The van der Waals surface area contributed by atoms with Crippen LogP contribution in [0, 0.1) is 10.8 Å². The van der Waals surface area contributed by atoms with Crippen molar-refractivity contribution in [2.75, 3.05) is 102 Å². The van der Waals surface area contributed by atoms with Gasteiger partial charge < -0.3 is 45.4 Å². The fraction of sp³-hybridized carbons (Fsp3) is 0.526. The number of benzene rings is 5. The van der Waals surface area contributed by atoms with Crippen molar-refractivity contribution in [1.82, 2.24) is 40.3 Å². The van der Waals surface area contributed by atoms with Crippen molar-refractivity contribution < 1.29 is 63.5 Å². The quantitative estimate of drug-likeness (QED) is 0.0231. The lowest BCUT2D eigenvalue weighted by molar-refractivity contribution is -0.150. The van der Waals surface area contributed by atoms with Crippen LogP contribution in [0.1, 0.15) is 145 Å². The Morgan fingerprint density at radius 3 is 2.22 bits per heavy atom. The highest BCUT2D eigenvalue weighted by Crippen LogP contribution is 2.46. The number of halogens is 4. The number of nitrogens with one attached hydrogen (secondary N) is 5. The number of hydrogen-bond donors (Lipinski definition) is 5. The van der Waals surface area contributed by atoms with Gasteiger partial charge in [0.1, 0.15) is 29.0 Å². The average molecular weight is 1540 g/mol. The van der Waals surface area contributed by atoms with Crippen LogP contribution >= 0.6 is 23.4 Å². The van der Waals surface area contributed by atoms with Crippen LogP contribution in [0.5, 0.6) is 5.75 Å². The van der Waals surface area contributed by atoms with Crippen LogP contribution in [0.4, 0.5) is 24.5 Å². The summed E-state index contributed by atoms with van der Waals surface area (Å²) >= 11 is 7.64. The summed E-state index contributed by atoms with van der Waals surface area (Å²) in [5.41, 5.74) is 0.212. The largest absolute Gasteiger partial charge is 0.501 e. The molecule has 2 aliphatic carbocycles. The number of thioether (sulfide) groups is 1. The van der Waals surface area contributed by atoms with E-state index in [0.29, 0.717) is 101 Å².